The molecule has 3 aliphatic rings. The van der Waals surface area contributed by atoms with E-state index < -0.39 is 5.66 Å². The first-order valence-electron chi connectivity index (χ1n) is 5.79. The summed E-state index contributed by atoms with van der Waals surface area (Å²) in [6.07, 6.45) is 10.8. The zero-order chi connectivity index (χ0) is 11.2. The van der Waals surface area contributed by atoms with Crippen LogP contribution in [0.25, 0.3) is 0 Å². The van der Waals surface area contributed by atoms with Crippen LogP contribution in [-0.4, -0.2) is 16.6 Å². The maximum absolute atomic E-state index is 6.52. The summed E-state index contributed by atoms with van der Waals surface area (Å²) in [5.41, 5.74) is 14.8. The molecular weight excluding hydrogens is 202 g/mol. The van der Waals surface area contributed by atoms with Gasteiger partial charge in [0.05, 0.1) is 0 Å². The van der Waals surface area contributed by atoms with E-state index >= 15 is 0 Å². The Morgan fingerprint density at radius 3 is 2.94 bits per heavy atom. The zero-order valence-corrected chi connectivity index (χ0v) is 9.19. The van der Waals surface area contributed by atoms with Crippen LogP contribution < -0.4 is 16.9 Å². The molecule has 5 nitrogen and oxygen atoms in total. The Hall–Kier alpha value is -1.49. The van der Waals surface area contributed by atoms with Gasteiger partial charge in [-0.25, -0.2) is 5.01 Å². The lowest BCUT2D eigenvalue weighted by Gasteiger charge is -2.42. The first kappa shape index (κ1) is 9.72. The van der Waals surface area contributed by atoms with E-state index in [0.717, 1.165) is 5.82 Å². The number of allylic oxidation sites excluding steroid dienone is 2. The Balaban J connectivity index is 1.92. The van der Waals surface area contributed by atoms with Crippen molar-refractivity contribution in [3.63, 3.8) is 0 Å². The van der Waals surface area contributed by atoms with Gasteiger partial charge in [-0.15, -0.1) is 0 Å². The van der Waals surface area contributed by atoms with Crippen LogP contribution in [0.5, 0.6) is 0 Å². The number of fused-ring (bicyclic) bond motifs is 1. The molecule has 0 saturated heterocycles. The van der Waals surface area contributed by atoms with E-state index in [-0.39, 0.29) is 0 Å². The quantitative estimate of drug-likeness (QED) is 0.595. The molecule has 1 fully saturated rings. The van der Waals surface area contributed by atoms with Gasteiger partial charge in [-0.05, 0) is 25.0 Å². The van der Waals surface area contributed by atoms with E-state index in [1.165, 1.54) is 25.7 Å². The van der Waals surface area contributed by atoms with Gasteiger partial charge in [-0.1, -0.05) is 18.9 Å². The van der Waals surface area contributed by atoms with Gasteiger partial charge in [0.15, 0.2) is 5.82 Å². The third-order valence-electron chi connectivity index (χ3n) is 3.70. The van der Waals surface area contributed by atoms with E-state index in [2.05, 4.69) is 10.4 Å². The molecule has 1 saturated carbocycles. The van der Waals surface area contributed by atoms with Crippen molar-refractivity contribution in [1.82, 2.24) is 10.4 Å². The fourth-order valence-corrected chi connectivity index (χ4v) is 2.85. The minimum Gasteiger partial charge on any atom is -0.368 e. The highest BCUT2D eigenvalue weighted by Gasteiger charge is 2.44. The smallest absolute Gasteiger partial charge is 0.214 e. The third-order valence-corrected chi connectivity index (χ3v) is 3.70. The average molecular weight is 219 g/mol. The number of hydrazine groups is 1. The third kappa shape index (κ3) is 1.24. The molecule has 0 aromatic rings. The van der Waals surface area contributed by atoms with Gasteiger partial charge in [0.2, 0.25) is 5.96 Å². The summed E-state index contributed by atoms with van der Waals surface area (Å²) in [5, 5.41) is 1.90. The van der Waals surface area contributed by atoms with Crippen molar-refractivity contribution in [1.29, 1.82) is 0 Å². The Bertz CT molecular complexity index is 391. The number of guanidine groups is 1. The molecule has 0 bridgehead atoms. The van der Waals surface area contributed by atoms with Crippen molar-refractivity contribution < 1.29 is 0 Å². The lowest BCUT2D eigenvalue weighted by molar-refractivity contribution is 0.0940. The van der Waals surface area contributed by atoms with Crippen molar-refractivity contribution in [2.45, 2.75) is 31.3 Å². The Morgan fingerprint density at radius 2 is 2.19 bits per heavy atom. The van der Waals surface area contributed by atoms with Crippen LogP contribution in [-0.2, 0) is 0 Å². The first-order valence-corrected chi connectivity index (χ1v) is 5.79. The largest absolute Gasteiger partial charge is 0.368 e. The molecule has 5 heteroatoms. The maximum Gasteiger partial charge on any atom is 0.214 e. The average Bonchev–Trinajstić information content (AvgIpc) is 2.85. The summed E-state index contributed by atoms with van der Waals surface area (Å²) in [4.78, 5) is 4.22. The molecule has 1 atom stereocenters. The van der Waals surface area contributed by atoms with E-state index in [0.29, 0.717) is 11.9 Å². The molecule has 1 unspecified atom stereocenters. The van der Waals surface area contributed by atoms with Crippen LogP contribution in [0.3, 0.4) is 0 Å². The van der Waals surface area contributed by atoms with E-state index in [4.69, 9.17) is 11.5 Å². The van der Waals surface area contributed by atoms with Gasteiger partial charge in [-0.3, -0.25) is 5.43 Å². The van der Waals surface area contributed by atoms with Crippen molar-refractivity contribution in [3.05, 3.63) is 24.0 Å². The van der Waals surface area contributed by atoms with Gasteiger partial charge in [0, 0.05) is 5.92 Å². The lowest BCUT2D eigenvalue weighted by atomic mass is 9.89. The fourth-order valence-electron chi connectivity index (χ4n) is 2.85. The first-order chi connectivity index (χ1) is 7.70. The molecule has 2 heterocycles. The highest BCUT2D eigenvalue weighted by atomic mass is 15.7. The lowest BCUT2D eigenvalue weighted by Crippen LogP contribution is -2.63. The summed E-state index contributed by atoms with van der Waals surface area (Å²) >= 11 is 0. The van der Waals surface area contributed by atoms with Crippen molar-refractivity contribution in [2.24, 2.45) is 22.4 Å². The normalized spacial score (nSPS) is 33.4. The van der Waals surface area contributed by atoms with Crippen LogP contribution in [0.2, 0.25) is 0 Å². The van der Waals surface area contributed by atoms with Crippen molar-refractivity contribution >= 4 is 5.96 Å². The molecule has 3 rings (SSSR count). The van der Waals surface area contributed by atoms with Gasteiger partial charge < -0.3 is 11.5 Å². The number of rotatable bonds is 1. The molecule has 0 spiro atoms. The summed E-state index contributed by atoms with van der Waals surface area (Å²) in [7, 11) is 0. The fraction of sp³-hybridized carbons (Fsp3) is 0.545. The maximum atomic E-state index is 6.52. The number of aliphatic imine (C=N–C) groups is 1. The topological polar surface area (TPSA) is 79.7 Å². The summed E-state index contributed by atoms with van der Waals surface area (Å²) in [5.74, 6) is 1.71. The number of hydrogen-bond acceptors (Lipinski definition) is 5. The number of nitrogens with two attached hydrogens (primary N) is 2. The molecule has 5 N–H and O–H groups in total. The molecule has 2 aliphatic heterocycles. The highest BCUT2D eigenvalue weighted by molar-refractivity contribution is 5.80. The monoisotopic (exact) mass is 219 g/mol. The SMILES string of the molecule is NC1=NC2=CC=CC(N)(C3CCCC3)N2N1. The Labute approximate surface area is 94.8 Å². The Morgan fingerprint density at radius 1 is 1.44 bits per heavy atom. The van der Waals surface area contributed by atoms with E-state index in [1.807, 2.05) is 23.2 Å². The molecule has 86 valence electrons. The summed E-state index contributed by atoms with van der Waals surface area (Å²) in [6.45, 7) is 0. The van der Waals surface area contributed by atoms with Crippen molar-refractivity contribution in [2.75, 3.05) is 0 Å². The Kier molecular flexibility index (Phi) is 1.97. The summed E-state index contributed by atoms with van der Waals surface area (Å²) in [6, 6.07) is 0. The molecular formula is C11H17N5. The number of nitrogens with one attached hydrogen (secondary N) is 1. The van der Waals surface area contributed by atoms with Gasteiger partial charge in [0.1, 0.15) is 5.66 Å². The second-order valence-electron chi connectivity index (χ2n) is 4.70. The van der Waals surface area contributed by atoms with E-state index in [1.54, 1.807) is 0 Å². The molecule has 1 aliphatic carbocycles. The predicted octanol–water partition coefficient (Wildman–Crippen LogP) is 0.378. The highest BCUT2D eigenvalue weighted by Crippen LogP contribution is 2.38. The summed E-state index contributed by atoms with van der Waals surface area (Å²) < 4.78 is 0. The molecule has 0 aromatic heterocycles. The standard InChI is InChI=1S/C11H17N5/c12-10-14-9-6-3-7-11(13,16(9)15-10)8-4-1-2-5-8/h3,6-8H,1-2,4-5,13H2,(H3,12,14,15). The minimum atomic E-state index is -0.481. The van der Waals surface area contributed by atoms with Crippen LogP contribution >= 0.6 is 0 Å². The van der Waals surface area contributed by atoms with Gasteiger partial charge in [0.25, 0.3) is 0 Å². The van der Waals surface area contributed by atoms with E-state index in [9.17, 15) is 0 Å². The molecule has 16 heavy (non-hydrogen) atoms. The minimum absolute atomic E-state index is 0.419. The van der Waals surface area contributed by atoms with Crippen molar-refractivity contribution in [3.8, 4) is 0 Å². The second kappa shape index (κ2) is 3.25. The van der Waals surface area contributed by atoms with Crippen LogP contribution in [0.15, 0.2) is 29.0 Å². The van der Waals surface area contributed by atoms with Gasteiger partial charge in [-0.2, -0.15) is 4.99 Å². The molecule has 0 radical (unpaired) electrons. The van der Waals surface area contributed by atoms with Crippen LogP contribution in [0, 0.1) is 5.92 Å². The molecule has 0 aromatic carbocycles. The van der Waals surface area contributed by atoms with Gasteiger partial charge >= 0.3 is 0 Å². The number of hydrogen-bond donors (Lipinski definition) is 3. The van der Waals surface area contributed by atoms with Crippen LogP contribution in [0.1, 0.15) is 25.7 Å². The second-order valence-corrected chi connectivity index (χ2v) is 4.70. The zero-order valence-electron chi connectivity index (χ0n) is 9.19. The predicted molar refractivity (Wildman–Crippen MR) is 62.7 cm³/mol. The number of nitrogens with zero attached hydrogens (tertiary/aromatic N) is 2. The van der Waals surface area contributed by atoms with Crippen LogP contribution in [0.4, 0.5) is 0 Å². The molecule has 0 amide bonds.